The molecule has 0 aliphatic rings. The van der Waals surface area contributed by atoms with Gasteiger partial charge in [0.2, 0.25) is 0 Å². The molecule has 0 spiro atoms. The maximum absolute atomic E-state index is 12.9. The number of fused-ring (bicyclic) bond motifs is 2. The first kappa shape index (κ1) is 27.6. The molecule has 0 fully saturated rings. The third kappa shape index (κ3) is 5.55. The van der Waals surface area contributed by atoms with Crippen molar-refractivity contribution in [1.29, 1.82) is 0 Å². The van der Waals surface area contributed by atoms with E-state index in [-0.39, 0.29) is 11.8 Å². The van der Waals surface area contributed by atoms with Crippen molar-refractivity contribution in [2.75, 3.05) is 20.8 Å². The van der Waals surface area contributed by atoms with Crippen LogP contribution in [0.1, 0.15) is 25.0 Å². The molecular weight excluding hydrogens is 493 g/mol. The number of ether oxygens (including phenoxy) is 3. The van der Waals surface area contributed by atoms with Gasteiger partial charge in [0.1, 0.15) is 17.5 Å². The van der Waals surface area contributed by atoms with Crippen LogP contribution in [0.2, 0.25) is 0 Å². The van der Waals surface area contributed by atoms with E-state index < -0.39 is 6.04 Å². The minimum Gasteiger partial charge on any atom is -0.496 e. The number of benzene rings is 4. The Morgan fingerprint density at radius 1 is 0.947 bits per heavy atom. The number of hydrogen-bond acceptors (Lipinski definition) is 5. The van der Waals surface area contributed by atoms with Crippen molar-refractivity contribution < 1.29 is 19.0 Å². The van der Waals surface area contributed by atoms with Crippen LogP contribution in [0.15, 0.2) is 73.3 Å². The van der Waals surface area contributed by atoms with Crippen molar-refractivity contribution in [3.63, 3.8) is 0 Å². The summed E-state index contributed by atoms with van der Waals surface area (Å²) in [6.07, 6.45) is 2.97. The molecule has 0 aliphatic carbocycles. The smallest absolute Gasteiger partial charge is 0.323 e. The number of carbonyl (C=O) groups is 1. The highest BCUT2D eigenvalue weighted by atomic mass is 31.0. The Bertz CT molecular complexity index is 1460. The third-order valence-electron chi connectivity index (χ3n) is 6.64. The van der Waals surface area contributed by atoms with Crippen LogP contribution < -0.4 is 14.8 Å². The lowest BCUT2D eigenvalue weighted by molar-refractivity contribution is -0.145. The number of rotatable bonds is 11. The zero-order valence-corrected chi connectivity index (χ0v) is 23.7. The Labute approximate surface area is 227 Å². The van der Waals surface area contributed by atoms with E-state index in [4.69, 9.17) is 14.2 Å². The van der Waals surface area contributed by atoms with E-state index in [1.807, 2.05) is 44.2 Å². The molecule has 3 unspecified atom stereocenters. The van der Waals surface area contributed by atoms with E-state index >= 15 is 0 Å². The fraction of sp³-hybridized carbons (Fsp3) is 0.281. The standard InChI is InChI=1S/C32H36NO4P/c1-6-12-23-17-21-13-8-10-15-25(21)28(30(23)35-4)29-26-16-11-9-14-22(26)18-24(31(29)36-5)19-27(33-20(3)38)32(34)37-7-2/h6,8-11,13-18,20,27,33H,1,7,12,19,38H2,2-5H3. The van der Waals surface area contributed by atoms with Crippen molar-refractivity contribution in [1.82, 2.24) is 5.32 Å². The molecule has 3 atom stereocenters. The zero-order valence-electron chi connectivity index (χ0n) is 22.5. The summed E-state index contributed by atoms with van der Waals surface area (Å²) in [5, 5.41) is 7.63. The highest BCUT2D eigenvalue weighted by Gasteiger charge is 2.27. The highest BCUT2D eigenvalue weighted by molar-refractivity contribution is 7.17. The highest BCUT2D eigenvalue weighted by Crippen LogP contribution is 2.48. The number of hydrogen-bond donors (Lipinski definition) is 1. The second kappa shape index (κ2) is 12.4. The van der Waals surface area contributed by atoms with Crippen LogP contribution in [0.5, 0.6) is 11.5 Å². The number of carbonyl (C=O) groups excluding carboxylic acids is 1. The van der Waals surface area contributed by atoms with Gasteiger partial charge in [0.25, 0.3) is 0 Å². The van der Waals surface area contributed by atoms with E-state index in [0.29, 0.717) is 19.4 Å². The topological polar surface area (TPSA) is 56.8 Å². The number of esters is 1. The molecule has 38 heavy (non-hydrogen) atoms. The lowest BCUT2D eigenvalue weighted by Gasteiger charge is -2.24. The molecule has 0 bridgehead atoms. The average Bonchev–Trinajstić information content (AvgIpc) is 2.91. The van der Waals surface area contributed by atoms with E-state index in [1.165, 1.54) is 0 Å². The summed E-state index contributed by atoms with van der Waals surface area (Å²) in [5.41, 5.74) is 3.88. The second-order valence-corrected chi connectivity index (χ2v) is 10.3. The van der Waals surface area contributed by atoms with E-state index in [1.54, 1.807) is 14.2 Å². The summed E-state index contributed by atoms with van der Waals surface area (Å²) in [6.45, 7) is 8.10. The van der Waals surface area contributed by atoms with Crippen molar-refractivity contribution in [3.05, 3.63) is 84.4 Å². The zero-order chi connectivity index (χ0) is 27.2. The molecule has 1 N–H and O–H groups in total. The summed E-state index contributed by atoms with van der Waals surface area (Å²) in [6, 6.07) is 20.3. The molecule has 4 aromatic carbocycles. The van der Waals surface area contributed by atoms with Crippen molar-refractivity contribution >= 4 is 36.8 Å². The average molecular weight is 530 g/mol. The van der Waals surface area contributed by atoms with Gasteiger partial charge in [0.15, 0.2) is 0 Å². The number of nitrogens with one attached hydrogen (secondary N) is 1. The summed E-state index contributed by atoms with van der Waals surface area (Å²) >= 11 is 0. The fourth-order valence-corrected chi connectivity index (χ4v) is 5.42. The Hall–Kier alpha value is -3.40. The molecule has 5 nitrogen and oxygen atoms in total. The molecule has 0 heterocycles. The van der Waals surface area contributed by atoms with Crippen LogP contribution in [0.4, 0.5) is 0 Å². The predicted molar refractivity (Wildman–Crippen MR) is 160 cm³/mol. The van der Waals surface area contributed by atoms with Gasteiger partial charge in [-0.3, -0.25) is 10.1 Å². The lowest BCUT2D eigenvalue weighted by atomic mass is 9.87. The van der Waals surface area contributed by atoms with E-state index in [9.17, 15) is 4.79 Å². The first-order valence-corrected chi connectivity index (χ1v) is 13.6. The largest absolute Gasteiger partial charge is 0.496 e. The van der Waals surface area contributed by atoms with Crippen LogP contribution >= 0.6 is 9.24 Å². The van der Waals surface area contributed by atoms with Gasteiger partial charge >= 0.3 is 5.97 Å². The van der Waals surface area contributed by atoms with Gasteiger partial charge in [-0.15, -0.1) is 15.8 Å². The Morgan fingerprint density at radius 2 is 1.47 bits per heavy atom. The number of allylic oxidation sites excluding steroid dienone is 1. The van der Waals surface area contributed by atoms with Gasteiger partial charge in [-0.25, -0.2) is 0 Å². The van der Waals surface area contributed by atoms with Gasteiger partial charge in [0.05, 0.1) is 20.8 Å². The van der Waals surface area contributed by atoms with E-state index in [2.05, 4.69) is 57.5 Å². The van der Waals surface area contributed by atoms with Crippen LogP contribution in [0.25, 0.3) is 32.7 Å². The molecule has 6 heteroatoms. The Balaban J connectivity index is 2.07. The minimum absolute atomic E-state index is 0.0231. The Morgan fingerprint density at radius 3 is 1.97 bits per heavy atom. The summed E-state index contributed by atoms with van der Waals surface area (Å²) < 4.78 is 17.7. The molecule has 0 saturated heterocycles. The van der Waals surface area contributed by atoms with Crippen LogP contribution in [-0.4, -0.2) is 38.6 Å². The monoisotopic (exact) mass is 529 g/mol. The summed E-state index contributed by atoms with van der Waals surface area (Å²) in [4.78, 5) is 12.9. The molecular formula is C32H36NO4P. The predicted octanol–water partition coefficient (Wildman–Crippen LogP) is 6.69. The molecule has 0 aromatic heterocycles. The Kier molecular flexibility index (Phi) is 9.04. The lowest BCUT2D eigenvalue weighted by Crippen LogP contribution is -2.42. The van der Waals surface area contributed by atoms with Gasteiger partial charge in [-0.05, 0) is 65.1 Å². The van der Waals surface area contributed by atoms with Gasteiger partial charge < -0.3 is 14.2 Å². The maximum atomic E-state index is 12.9. The fourth-order valence-electron chi connectivity index (χ4n) is 5.19. The van der Waals surface area contributed by atoms with Crippen LogP contribution in [-0.2, 0) is 22.4 Å². The SMILES string of the molecule is C=CCc1cc2ccccc2c(-c2c(OC)c(CC(NC(C)P)C(=O)OCC)cc3ccccc23)c1OC. The van der Waals surface area contributed by atoms with Gasteiger partial charge in [-0.2, -0.15) is 0 Å². The van der Waals surface area contributed by atoms with Crippen LogP contribution in [0.3, 0.4) is 0 Å². The minimum atomic E-state index is -0.531. The third-order valence-corrected chi connectivity index (χ3v) is 6.83. The summed E-state index contributed by atoms with van der Waals surface area (Å²) in [5.74, 6) is 1.25. The van der Waals surface area contributed by atoms with E-state index in [0.717, 1.165) is 55.3 Å². The molecule has 0 radical (unpaired) electrons. The van der Waals surface area contributed by atoms with Crippen molar-refractivity contribution in [3.8, 4) is 22.6 Å². The molecule has 4 rings (SSSR count). The second-order valence-electron chi connectivity index (χ2n) is 9.29. The molecule has 198 valence electrons. The normalized spacial score (nSPS) is 12.8. The maximum Gasteiger partial charge on any atom is 0.323 e. The van der Waals surface area contributed by atoms with Crippen LogP contribution in [0, 0.1) is 0 Å². The number of methoxy groups -OCH3 is 2. The quantitative estimate of drug-likeness (QED) is 0.133. The first-order chi connectivity index (χ1) is 18.4. The van der Waals surface area contributed by atoms with Crippen molar-refractivity contribution in [2.24, 2.45) is 0 Å². The molecule has 0 amide bonds. The molecule has 0 aliphatic heterocycles. The first-order valence-electron chi connectivity index (χ1n) is 12.9. The van der Waals surface area contributed by atoms with Gasteiger partial charge in [0, 0.05) is 23.3 Å². The van der Waals surface area contributed by atoms with Crippen molar-refractivity contribution in [2.45, 2.75) is 38.5 Å². The van der Waals surface area contributed by atoms with Gasteiger partial charge in [-0.1, -0.05) is 54.6 Å². The summed E-state index contributed by atoms with van der Waals surface area (Å²) in [7, 11) is 6.09. The molecule has 4 aromatic rings. The molecule has 0 saturated carbocycles.